The third-order valence-electron chi connectivity index (χ3n) is 2.74. The highest BCUT2D eigenvalue weighted by molar-refractivity contribution is 6.05. The smallest absolute Gasteiger partial charge is 0.249 e. The lowest BCUT2D eigenvalue weighted by molar-refractivity contribution is 0.100. The van der Waals surface area contributed by atoms with Crippen LogP contribution in [0.25, 0.3) is 16.7 Å². The van der Waals surface area contributed by atoms with E-state index in [0.29, 0.717) is 11.4 Å². The van der Waals surface area contributed by atoms with Crippen molar-refractivity contribution in [3.63, 3.8) is 0 Å². The van der Waals surface area contributed by atoms with E-state index in [4.69, 9.17) is 5.73 Å². The number of hydrogen-bond donors (Lipinski definition) is 1. The number of carbonyl (C=O) groups is 1. The summed E-state index contributed by atoms with van der Waals surface area (Å²) in [5.74, 6) is 0.162. The van der Waals surface area contributed by atoms with Gasteiger partial charge in [0.1, 0.15) is 12.1 Å². The van der Waals surface area contributed by atoms with Crippen molar-refractivity contribution in [1.29, 1.82) is 0 Å². The molecular weight excluding hydrogens is 228 g/mol. The molecule has 2 aromatic heterocycles. The largest absolute Gasteiger partial charge is 0.366 e. The fraction of sp³-hybridized carbons (Fsp3) is 0. The van der Waals surface area contributed by atoms with Crippen LogP contribution in [0.5, 0.6) is 0 Å². The average Bonchev–Trinajstić information content (AvgIpc) is 2.91. The number of rotatable bonds is 2. The number of hydrogen-bond acceptors (Lipinski definition) is 3. The summed E-state index contributed by atoms with van der Waals surface area (Å²) in [6.07, 6.45) is 5.05. The molecule has 0 saturated carbocycles. The Morgan fingerprint density at radius 2 is 2.11 bits per heavy atom. The molecule has 2 N–H and O–H groups in total. The molecule has 5 heteroatoms. The summed E-state index contributed by atoms with van der Waals surface area (Å²) < 4.78 is 1.74. The molecule has 3 rings (SSSR count). The Morgan fingerprint density at radius 1 is 1.28 bits per heavy atom. The molecule has 0 bridgehead atoms. The van der Waals surface area contributed by atoms with E-state index in [1.807, 2.05) is 24.3 Å². The molecule has 0 unspecified atom stereocenters. The molecule has 88 valence electrons. The van der Waals surface area contributed by atoms with Gasteiger partial charge in [-0.15, -0.1) is 0 Å². The molecule has 0 atom stereocenters. The summed E-state index contributed by atoms with van der Waals surface area (Å²) in [5, 5.41) is 0.758. The van der Waals surface area contributed by atoms with Gasteiger partial charge in [0.05, 0.1) is 11.1 Å². The van der Waals surface area contributed by atoms with Crippen LogP contribution in [0, 0.1) is 0 Å². The molecular formula is C13H10N4O. The first-order valence-electron chi connectivity index (χ1n) is 5.43. The van der Waals surface area contributed by atoms with Crippen LogP contribution in [-0.4, -0.2) is 20.4 Å². The third kappa shape index (κ3) is 1.62. The highest BCUT2D eigenvalue weighted by Gasteiger charge is 2.10. The van der Waals surface area contributed by atoms with Crippen molar-refractivity contribution in [2.45, 2.75) is 0 Å². The second-order valence-corrected chi connectivity index (χ2v) is 3.88. The fourth-order valence-electron chi connectivity index (χ4n) is 1.89. The molecule has 0 aliphatic rings. The maximum absolute atomic E-state index is 11.5. The maximum atomic E-state index is 11.5. The summed E-state index contributed by atoms with van der Waals surface area (Å²) in [6.45, 7) is 0. The number of fused-ring (bicyclic) bond motifs is 1. The number of carbonyl (C=O) groups excluding carboxylic acids is 1. The highest BCUT2D eigenvalue weighted by atomic mass is 16.1. The number of amides is 1. The molecule has 3 aromatic rings. The minimum atomic E-state index is -0.463. The van der Waals surface area contributed by atoms with Crippen LogP contribution in [-0.2, 0) is 0 Å². The van der Waals surface area contributed by atoms with Crippen LogP contribution in [0.2, 0.25) is 0 Å². The molecule has 0 spiro atoms. The molecule has 2 heterocycles. The molecule has 0 radical (unpaired) electrons. The minimum absolute atomic E-state index is 0.462. The van der Waals surface area contributed by atoms with E-state index in [2.05, 4.69) is 9.97 Å². The Bertz CT molecular complexity index is 719. The van der Waals surface area contributed by atoms with Crippen molar-refractivity contribution in [2.75, 3.05) is 0 Å². The molecule has 5 nitrogen and oxygen atoms in total. The minimum Gasteiger partial charge on any atom is -0.366 e. The van der Waals surface area contributed by atoms with Crippen LogP contribution in [0.1, 0.15) is 10.4 Å². The SMILES string of the molecule is NC(=O)c1cc(-n2ccnc2)nc2ccccc12. The molecule has 0 fully saturated rings. The quantitative estimate of drug-likeness (QED) is 0.735. The Labute approximate surface area is 103 Å². The van der Waals surface area contributed by atoms with Gasteiger partial charge >= 0.3 is 0 Å². The van der Waals surface area contributed by atoms with Gasteiger partial charge in [-0.3, -0.25) is 9.36 Å². The predicted molar refractivity (Wildman–Crippen MR) is 67.4 cm³/mol. The second-order valence-electron chi connectivity index (χ2n) is 3.88. The third-order valence-corrected chi connectivity index (χ3v) is 2.74. The molecule has 0 aliphatic heterocycles. The second kappa shape index (κ2) is 3.96. The normalized spacial score (nSPS) is 10.7. The number of pyridine rings is 1. The first-order valence-corrected chi connectivity index (χ1v) is 5.43. The summed E-state index contributed by atoms with van der Waals surface area (Å²) in [4.78, 5) is 19.9. The van der Waals surface area contributed by atoms with Crippen molar-refractivity contribution in [2.24, 2.45) is 5.73 Å². The topological polar surface area (TPSA) is 73.8 Å². The molecule has 1 amide bonds. The van der Waals surface area contributed by atoms with E-state index in [1.54, 1.807) is 29.4 Å². The standard InChI is InChI=1S/C13H10N4O/c14-13(18)10-7-12(17-6-5-15-8-17)16-11-4-2-1-3-9(10)11/h1-8H,(H2,14,18). The van der Waals surface area contributed by atoms with Crippen molar-refractivity contribution in [3.05, 3.63) is 54.6 Å². The molecule has 1 aromatic carbocycles. The summed E-state index contributed by atoms with van der Waals surface area (Å²) in [7, 11) is 0. The monoisotopic (exact) mass is 238 g/mol. The lowest BCUT2D eigenvalue weighted by Gasteiger charge is -2.07. The predicted octanol–water partition coefficient (Wildman–Crippen LogP) is 1.52. The number of primary amides is 1. The van der Waals surface area contributed by atoms with Crippen molar-refractivity contribution in [3.8, 4) is 5.82 Å². The number of nitrogens with two attached hydrogens (primary N) is 1. The van der Waals surface area contributed by atoms with Crippen molar-refractivity contribution < 1.29 is 4.79 Å². The van der Waals surface area contributed by atoms with Crippen molar-refractivity contribution >= 4 is 16.8 Å². The van der Waals surface area contributed by atoms with Gasteiger partial charge in [-0.2, -0.15) is 0 Å². The number of benzene rings is 1. The van der Waals surface area contributed by atoms with Crippen LogP contribution >= 0.6 is 0 Å². The highest BCUT2D eigenvalue weighted by Crippen LogP contribution is 2.19. The summed E-state index contributed by atoms with van der Waals surface area (Å²) in [5.41, 5.74) is 6.61. The van der Waals surface area contributed by atoms with Gasteiger partial charge in [0, 0.05) is 17.8 Å². The van der Waals surface area contributed by atoms with Crippen molar-refractivity contribution in [1.82, 2.24) is 14.5 Å². The number of para-hydroxylation sites is 1. The summed E-state index contributed by atoms with van der Waals surface area (Å²) in [6, 6.07) is 9.08. The van der Waals surface area contributed by atoms with Crippen LogP contribution in [0.15, 0.2) is 49.1 Å². The number of imidazole rings is 1. The maximum Gasteiger partial charge on any atom is 0.249 e. The lowest BCUT2D eigenvalue weighted by Crippen LogP contribution is -2.13. The van der Waals surface area contributed by atoms with Gasteiger partial charge in [-0.25, -0.2) is 9.97 Å². The zero-order chi connectivity index (χ0) is 12.5. The Kier molecular flexibility index (Phi) is 2.30. The van der Waals surface area contributed by atoms with E-state index >= 15 is 0 Å². The van der Waals surface area contributed by atoms with E-state index in [0.717, 1.165) is 10.9 Å². The van der Waals surface area contributed by atoms with Gasteiger partial charge in [0.25, 0.3) is 0 Å². The van der Waals surface area contributed by atoms with E-state index in [1.165, 1.54) is 0 Å². The van der Waals surface area contributed by atoms with Gasteiger partial charge in [-0.1, -0.05) is 18.2 Å². The average molecular weight is 238 g/mol. The van der Waals surface area contributed by atoms with Gasteiger partial charge in [0.2, 0.25) is 5.91 Å². The zero-order valence-electron chi connectivity index (χ0n) is 9.45. The van der Waals surface area contributed by atoms with E-state index < -0.39 is 5.91 Å². The molecule has 18 heavy (non-hydrogen) atoms. The first kappa shape index (κ1) is 10.5. The Hall–Kier alpha value is -2.69. The van der Waals surface area contributed by atoms with Crippen LogP contribution in [0.3, 0.4) is 0 Å². The zero-order valence-corrected chi connectivity index (χ0v) is 9.45. The first-order chi connectivity index (χ1) is 8.75. The van der Waals surface area contributed by atoms with Gasteiger partial charge < -0.3 is 5.73 Å². The van der Waals surface area contributed by atoms with E-state index in [-0.39, 0.29) is 0 Å². The fourth-order valence-corrected chi connectivity index (χ4v) is 1.89. The Balaban J connectivity index is 2.33. The molecule has 0 aliphatic carbocycles. The number of aromatic nitrogens is 3. The van der Waals surface area contributed by atoms with Gasteiger partial charge in [-0.05, 0) is 12.1 Å². The lowest BCUT2D eigenvalue weighted by atomic mass is 10.1. The Morgan fingerprint density at radius 3 is 2.83 bits per heavy atom. The number of nitrogens with zero attached hydrogens (tertiary/aromatic N) is 3. The van der Waals surface area contributed by atoms with Gasteiger partial charge in [0.15, 0.2) is 0 Å². The molecule has 0 saturated heterocycles. The van der Waals surface area contributed by atoms with Crippen LogP contribution in [0.4, 0.5) is 0 Å². The van der Waals surface area contributed by atoms with Crippen LogP contribution < -0.4 is 5.73 Å². The summed E-state index contributed by atoms with van der Waals surface area (Å²) >= 11 is 0. The van der Waals surface area contributed by atoms with E-state index in [9.17, 15) is 4.79 Å².